The average molecular weight is 384 g/mol. The van der Waals surface area contributed by atoms with E-state index in [2.05, 4.69) is 22.5 Å². The van der Waals surface area contributed by atoms with Crippen LogP contribution in [-0.4, -0.2) is 24.0 Å². The molecule has 1 saturated heterocycles. The molecule has 1 aromatic carbocycles. The molecule has 5 nitrogen and oxygen atoms in total. The normalized spacial score (nSPS) is 15.7. The summed E-state index contributed by atoms with van der Waals surface area (Å²) in [6.07, 6.45) is 2.50. The zero-order valence-electron chi connectivity index (χ0n) is 14.2. The number of aryl methyl sites for hydroxylation is 2. The lowest BCUT2D eigenvalue weighted by Gasteiger charge is -2.10. The number of hydrogen-bond acceptors (Lipinski definition) is 4. The highest BCUT2D eigenvalue weighted by Crippen LogP contribution is 2.23. The summed E-state index contributed by atoms with van der Waals surface area (Å²) >= 11 is 0. The molecule has 1 aliphatic rings. The lowest BCUT2D eigenvalue weighted by Crippen LogP contribution is -2.24. The number of nitrogens with zero attached hydrogens (tertiary/aromatic N) is 1. The van der Waals surface area contributed by atoms with Gasteiger partial charge in [-0.25, -0.2) is 4.98 Å². The number of anilines is 1. The topological polar surface area (TPSA) is 63.2 Å². The Labute approximate surface area is 160 Å². The Hall–Kier alpha value is -1.82. The van der Waals surface area contributed by atoms with Crippen LogP contribution in [0.3, 0.4) is 0 Å². The molecule has 0 bridgehead atoms. The summed E-state index contributed by atoms with van der Waals surface area (Å²) in [5.41, 5.74) is 3.09. The van der Waals surface area contributed by atoms with Gasteiger partial charge in [0.05, 0.1) is 17.8 Å². The van der Waals surface area contributed by atoms with Crippen molar-refractivity contribution in [1.29, 1.82) is 0 Å². The van der Waals surface area contributed by atoms with Gasteiger partial charge in [0.1, 0.15) is 5.75 Å². The van der Waals surface area contributed by atoms with Gasteiger partial charge in [-0.05, 0) is 56.1 Å². The van der Waals surface area contributed by atoms with E-state index >= 15 is 0 Å². The molecule has 2 aromatic rings. The molecular formula is C18H23Cl2N3O2. The van der Waals surface area contributed by atoms with E-state index in [0.717, 1.165) is 25.3 Å². The van der Waals surface area contributed by atoms with Gasteiger partial charge in [0, 0.05) is 12.6 Å². The van der Waals surface area contributed by atoms with Crippen molar-refractivity contribution >= 4 is 36.4 Å². The molecular weight excluding hydrogens is 361 g/mol. The molecule has 0 saturated carbocycles. The van der Waals surface area contributed by atoms with Crippen molar-refractivity contribution in [2.24, 2.45) is 5.92 Å². The van der Waals surface area contributed by atoms with Gasteiger partial charge in [0.25, 0.3) is 0 Å². The minimum Gasteiger partial charge on any atom is -0.439 e. The average Bonchev–Trinajstić information content (AvgIpc) is 3.07. The third-order valence-electron chi connectivity index (χ3n) is 4.14. The summed E-state index contributed by atoms with van der Waals surface area (Å²) in [4.78, 5) is 16.3. The van der Waals surface area contributed by atoms with E-state index in [-0.39, 0.29) is 36.6 Å². The molecule has 2 N–H and O–H groups in total. The highest BCUT2D eigenvalue weighted by Gasteiger charge is 2.22. The molecule has 7 heteroatoms. The molecule has 0 radical (unpaired) electrons. The first-order valence-corrected chi connectivity index (χ1v) is 7.84. The van der Waals surface area contributed by atoms with Gasteiger partial charge < -0.3 is 15.4 Å². The van der Waals surface area contributed by atoms with Crippen molar-refractivity contribution in [2.45, 2.75) is 20.3 Å². The van der Waals surface area contributed by atoms with E-state index in [4.69, 9.17) is 4.74 Å². The number of carbonyl (C=O) groups is 1. The van der Waals surface area contributed by atoms with E-state index in [1.54, 1.807) is 12.3 Å². The van der Waals surface area contributed by atoms with Crippen LogP contribution in [0.15, 0.2) is 36.5 Å². The smallest absolute Gasteiger partial charge is 0.228 e. The Balaban J connectivity index is 0.00000156. The molecule has 1 aromatic heterocycles. The Kier molecular flexibility index (Phi) is 8.16. The number of ether oxygens (including phenoxy) is 1. The molecule has 3 rings (SSSR count). The number of rotatable bonds is 4. The Bertz CT molecular complexity index is 702. The Morgan fingerprint density at radius 3 is 2.60 bits per heavy atom. The zero-order valence-corrected chi connectivity index (χ0v) is 15.9. The van der Waals surface area contributed by atoms with Crippen molar-refractivity contribution in [3.8, 4) is 11.6 Å². The summed E-state index contributed by atoms with van der Waals surface area (Å²) in [6, 6.07) is 9.50. The number of aromatic nitrogens is 1. The second-order valence-corrected chi connectivity index (χ2v) is 5.91. The zero-order chi connectivity index (χ0) is 16.2. The van der Waals surface area contributed by atoms with Crippen LogP contribution in [0.2, 0.25) is 0 Å². The van der Waals surface area contributed by atoms with Crippen molar-refractivity contribution in [1.82, 2.24) is 10.3 Å². The lowest BCUT2D eigenvalue weighted by atomic mass is 10.1. The molecule has 2 heterocycles. The van der Waals surface area contributed by atoms with Crippen LogP contribution in [0.25, 0.3) is 0 Å². The number of hydrogen-bond donors (Lipinski definition) is 2. The number of pyridine rings is 1. The molecule has 0 spiro atoms. The number of amides is 1. The van der Waals surface area contributed by atoms with E-state index < -0.39 is 0 Å². The molecule has 136 valence electrons. The van der Waals surface area contributed by atoms with Crippen LogP contribution >= 0.6 is 24.8 Å². The minimum absolute atomic E-state index is 0. The highest BCUT2D eigenvalue weighted by molar-refractivity contribution is 5.92. The first-order chi connectivity index (χ1) is 11.1. The van der Waals surface area contributed by atoms with Gasteiger partial charge >= 0.3 is 0 Å². The SMILES string of the molecule is Cc1ccc(Oc2ccc(NC(=O)C3CCNC3)cn2)cc1C.Cl.Cl. The fourth-order valence-electron chi connectivity index (χ4n) is 2.54. The summed E-state index contributed by atoms with van der Waals surface area (Å²) in [6.45, 7) is 5.76. The van der Waals surface area contributed by atoms with Gasteiger partial charge in [-0.2, -0.15) is 0 Å². The molecule has 25 heavy (non-hydrogen) atoms. The highest BCUT2D eigenvalue weighted by atomic mass is 35.5. The third-order valence-corrected chi connectivity index (χ3v) is 4.14. The fraction of sp³-hybridized carbons (Fsp3) is 0.333. The number of benzene rings is 1. The minimum atomic E-state index is 0. The van der Waals surface area contributed by atoms with Gasteiger partial charge in [-0.15, -0.1) is 24.8 Å². The second-order valence-electron chi connectivity index (χ2n) is 5.91. The maximum absolute atomic E-state index is 12.0. The molecule has 1 amide bonds. The van der Waals surface area contributed by atoms with Crippen molar-refractivity contribution < 1.29 is 9.53 Å². The number of halogens is 2. The van der Waals surface area contributed by atoms with Crippen LogP contribution in [0.1, 0.15) is 17.5 Å². The Morgan fingerprint density at radius 1 is 1.20 bits per heavy atom. The van der Waals surface area contributed by atoms with E-state index in [9.17, 15) is 4.79 Å². The Morgan fingerprint density at radius 2 is 2.00 bits per heavy atom. The molecule has 1 atom stereocenters. The second kappa shape index (κ2) is 9.61. The van der Waals surface area contributed by atoms with Crippen LogP contribution in [0.5, 0.6) is 11.6 Å². The predicted molar refractivity (Wildman–Crippen MR) is 104 cm³/mol. The summed E-state index contributed by atoms with van der Waals surface area (Å²) < 4.78 is 5.74. The van der Waals surface area contributed by atoms with Gasteiger partial charge in [0.2, 0.25) is 11.8 Å². The molecule has 1 aliphatic heterocycles. The fourth-order valence-corrected chi connectivity index (χ4v) is 2.54. The van der Waals surface area contributed by atoms with Crippen molar-refractivity contribution in [2.75, 3.05) is 18.4 Å². The monoisotopic (exact) mass is 383 g/mol. The quantitative estimate of drug-likeness (QED) is 0.840. The largest absolute Gasteiger partial charge is 0.439 e. The lowest BCUT2D eigenvalue weighted by molar-refractivity contribution is -0.119. The summed E-state index contributed by atoms with van der Waals surface area (Å²) in [7, 11) is 0. The first kappa shape index (κ1) is 21.2. The molecule has 0 aliphatic carbocycles. The standard InChI is InChI=1S/C18H21N3O2.2ClH/c1-12-3-5-16(9-13(12)2)23-17-6-4-15(11-20-17)21-18(22)14-7-8-19-10-14;;/h3-6,9,11,14,19H,7-8,10H2,1-2H3,(H,21,22);2*1H. The van der Waals surface area contributed by atoms with Crippen molar-refractivity contribution in [3.05, 3.63) is 47.7 Å². The molecule has 1 fully saturated rings. The first-order valence-electron chi connectivity index (χ1n) is 7.84. The van der Waals surface area contributed by atoms with E-state index in [0.29, 0.717) is 11.6 Å². The summed E-state index contributed by atoms with van der Waals surface area (Å²) in [5.74, 6) is 1.35. The predicted octanol–water partition coefficient (Wildman–Crippen LogP) is 3.88. The van der Waals surface area contributed by atoms with Crippen molar-refractivity contribution in [3.63, 3.8) is 0 Å². The molecule has 1 unspecified atom stereocenters. The number of carbonyl (C=O) groups excluding carboxylic acids is 1. The van der Waals surface area contributed by atoms with Crippen LogP contribution < -0.4 is 15.4 Å². The number of nitrogens with one attached hydrogen (secondary N) is 2. The third kappa shape index (κ3) is 5.59. The van der Waals surface area contributed by atoms with E-state index in [1.807, 2.05) is 31.2 Å². The van der Waals surface area contributed by atoms with Gasteiger partial charge in [-0.1, -0.05) is 6.07 Å². The van der Waals surface area contributed by atoms with Crippen LogP contribution in [-0.2, 0) is 4.79 Å². The van der Waals surface area contributed by atoms with Gasteiger partial charge in [-0.3, -0.25) is 4.79 Å². The maximum atomic E-state index is 12.0. The summed E-state index contributed by atoms with van der Waals surface area (Å²) in [5, 5.41) is 6.08. The van der Waals surface area contributed by atoms with Crippen LogP contribution in [0, 0.1) is 19.8 Å². The maximum Gasteiger partial charge on any atom is 0.228 e. The van der Waals surface area contributed by atoms with E-state index in [1.165, 1.54) is 11.1 Å². The van der Waals surface area contributed by atoms with Gasteiger partial charge in [0.15, 0.2) is 0 Å². The van der Waals surface area contributed by atoms with Crippen LogP contribution in [0.4, 0.5) is 5.69 Å².